The molecule has 0 unspecified atom stereocenters. The molecule has 1 aromatic heterocycles. The van der Waals surface area contributed by atoms with Gasteiger partial charge < -0.3 is 5.11 Å². The molecule has 2 aliphatic carbocycles. The van der Waals surface area contributed by atoms with E-state index in [1.54, 1.807) is 6.08 Å². The van der Waals surface area contributed by atoms with Crippen LogP contribution < -0.4 is 4.90 Å². The van der Waals surface area contributed by atoms with Gasteiger partial charge in [0.1, 0.15) is 5.82 Å². The first kappa shape index (κ1) is 28.2. The number of rotatable bonds is 4. The molecule has 220 valence electrons. The fraction of sp³-hybridized carbons (Fsp3) is 0.290. The quantitative estimate of drug-likeness (QED) is 0.231. The van der Waals surface area contributed by atoms with Gasteiger partial charge in [0.25, 0.3) is 11.8 Å². The minimum Gasteiger partial charge on any atom is -0.505 e. The second-order valence-corrected chi connectivity index (χ2v) is 13.5. The summed E-state index contributed by atoms with van der Waals surface area (Å²) < 4.78 is 28.5. The Morgan fingerprint density at radius 2 is 1.67 bits per heavy atom. The lowest BCUT2D eigenvalue weighted by molar-refractivity contribution is -0.141. The van der Waals surface area contributed by atoms with Crippen LogP contribution in [0.1, 0.15) is 29.2 Å². The normalized spacial score (nSPS) is 31.7. The standard InChI is InChI=1S/C31H22Cl2F2N2O5S/c32-30-13-21-18(10-11-19-23(21)27(40)36(26(19)39)14-17-3-2-12-43-17)24(20-4-1-5-22(35)25(20)38)31(30,33)29(42)37(28(30)41)16-8-6-15(34)7-9-16/h1-10,12,19,21,23-24,38H,11,13-14H2/t19-,21+,23-,24+,30+,31-/m0/s1. The Hall–Kier alpha value is -3.60. The number of likely N-dealkylation sites (tertiary alicyclic amines) is 1. The molecule has 1 saturated carbocycles. The maximum atomic E-state index is 14.8. The lowest BCUT2D eigenvalue weighted by Crippen LogP contribution is -2.60. The number of carbonyl (C=O) groups is 4. The Labute approximate surface area is 258 Å². The number of carbonyl (C=O) groups excluding carboxylic acids is 4. The van der Waals surface area contributed by atoms with Crippen LogP contribution in [0.4, 0.5) is 14.5 Å². The van der Waals surface area contributed by atoms with Crippen molar-refractivity contribution in [3.63, 3.8) is 0 Å². The van der Waals surface area contributed by atoms with Crippen molar-refractivity contribution in [1.82, 2.24) is 4.90 Å². The number of allylic oxidation sites excluding steroid dienone is 2. The van der Waals surface area contributed by atoms with Crippen molar-refractivity contribution in [2.45, 2.75) is 35.1 Å². The second-order valence-electron chi connectivity index (χ2n) is 11.3. The van der Waals surface area contributed by atoms with Gasteiger partial charge in [-0.3, -0.25) is 24.1 Å². The van der Waals surface area contributed by atoms with Gasteiger partial charge in [0.15, 0.2) is 21.3 Å². The number of hydrogen-bond acceptors (Lipinski definition) is 6. The Kier molecular flexibility index (Phi) is 6.36. The molecule has 3 heterocycles. The minimum atomic E-state index is -2.26. The van der Waals surface area contributed by atoms with Crippen LogP contribution in [0.2, 0.25) is 0 Å². The Morgan fingerprint density at radius 1 is 0.930 bits per heavy atom. The van der Waals surface area contributed by atoms with Crippen LogP contribution in [-0.4, -0.2) is 43.4 Å². The first-order valence-corrected chi connectivity index (χ1v) is 15.2. The molecule has 3 aromatic rings. The fourth-order valence-electron chi connectivity index (χ4n) is 7.29. The summed E-state index contributed by atoms with van der Waals surface area (Å²) in [5.41, 5.74) is 0.371. The van der Waals surface area contributed by atoms with E-state index in [4.69, 9.17) is 23.2 Å². The molecule has 0 radical (unpaired) electrons. The molecule has 0 spiro atoms. The highest BCUT2D eigenvalue weighted by molar-refractivity contribution is 7.09. The number of halogens is 4. The summed E-state index contributed by atoms with van der Waals surface area (Å²) in [6.45, 7) is 0.0969. The third-order valence-electron chi connectivity index (χ3n) is 9.21. The highest BCUT2D eigenvalue weighted by Gasteiger charge is 2.77. The van der Waals surface area contributed by atoms with E-state index in [0.717, 1.165) is 28.0 Å². The van der Waals surface area contributed by atoms with E-state index in [9.17, 15) is 33.1 Å². The molecule has 2 aliphatic heterocycles. The zero-order chi connectivity index (χ0) is 30.4. The topological polar surface area (TPSA) is 95.0 Å². The summed E-state index contributed by atoms with van der Waals surface area (Å²) in [5.74, 6) is -8.76. The molecule has 6 atom stereocenters. The summed E-state index contributed by atoms with van der Waals surface area (Å²) in [7, 11) is 0. The van der Waals surface area contributed by atoms with Crippen molar-refractivity contribution in [3.05, 3.63) is 93.7 Å². The van der Waals surface area contributed by atoms with Gasteiger partial charge in [0.2, 0.25) is 11.8 Å². The van der Waals surface area contributed by atoms with Crippen LogP contribution >= 0.6 is 34.5 Å². The van der Waals surface area contributed by atoms with E-state index in [1.807, 2.05) is 17.5 Å². The molecule has 0 bridgehead atoms. The van der Waals surface area contributed by atoms with Gasteiger partial charge in [-0.15, -0.1) is 34.5 Å². The van der Waals surface area contributed by atoms with Crippen LogP contribution in [0.5, 0.6) is 5.75 Å². The number of anilines is 1. The van der Waals surface area contributed by atoms with E-state index in [2.05, 4.69) is 0 Å². The number of nitrogens with zero attached hydrogens (tertiary/aromatic N) is 2. The lowest BCUT2D eigenvalue weighted by atomic mass is 9.56. The Balaban J connectivity index is 1.39. The Bertz CT molecular complexity index is 1750. The van der Waals surface area contributed by atoms with Gasteiger partial charge in [0, 0.05) is 16.4 Å². The second kappa shape index (κ2) is 9.70. The number of aromatic hydroxyl groups is 1. The molecule has 7 nitrogen and oxygen atoms in total. The van der Waals surface area contributed by atoms with Crippen LogP contribution in [0.15, 0.2) is 71.6 Å². The van der Waals surface area contributed by atoms with Crippen molar-refractivity contribution >= 4 is 63.9 Å². The minimum absolute atomic E-state index is 0.0251. The van der Waals surface area contributed by atoms with Crippen molar-refractivity contribution in [2.75, 3.05) is 4.90 Å². The molecular weight excluding hydrogens is 621 g/mol. The molecule has 43 heavy (non-hydrogen) atoms. The van der Waals surface area contributed by atoms with E-state index >= 15 is 0 Å². The lowest BCUT2D eigenvalue weighted by Gasteiger charge is -2.50. The Morgan fingerprint density at radius 3 is 2.37 bits per heavy atom. The van der Waals surface area contributed by atoms with Crippen molar-refractivity contribution in [3.8, 4) is 5.75 Å². The average Bonchev–Trinajstić information content (AvgIpc) is 3.62. The van der Waals surface area contributed by atoms with Crippen molar-refractivity contribution in [1.29, 1.82) is 0 Å². The van der Waals surface area contributed by atoms with E-state index in [-0.39, 0.29) is 36.5 Å². The monoisotopic (exact) mass is 642 g/mol. The summed E-state index contributed by atoms with van der Waals surface area (Å²) in [5, 5.41) is 12.8. The molecule has 2 saturated heterocycles. The van der Waals surface area contributed by atoms with Gasteiger partial charge >= 0.3 is 0 Å². The average molecular weight is 643 g/mol. The predicted molar refractivity (Wildman–Crippen MR) is 155 cm³/mol. The van der Waals surface area contributed by atoms with E-state index < -0.39 is 68.5 Å². The number of imide groups is 2. The summed E-state index contributed by atoms with van der Waals surface area (Å²) in [6.07, 6.45) is 1.58. The number of phenols is 1. The maximum Gasteiger partial charge on any atom is 0.258 e. The molecule has 1 N–H and O–H groups in total. The molecule has 3 fully saturated rings. The summed E-state index contributed by atoms with van der Waals surface area (Å²) in [4.78, 5) is 54.3. The molecule has 4 amide bonds. The van der Waals surface area contributed by atoms with Gasteiger partial charge in [-0.05, 0) is 60.5 Å². The third kappa shape index (κ3) is 3.76. The van der Waals surface area contributed by atoms with Gasteiger partial charge in [-0.1, -0.05) is 29.8 Å². The number of benzene rings is 2. The molecule has 4 aliphatic rings. The highest BCUT2D eigenvalue weighted by atomic mass is 35.5. The maximum absolute atomic E-state index is 14.8. The number of phenolic OH excluding ortho intramolecular Hbond substituents is 1. The number of amides is 4. The zero-order valence-electron chi connectivity index (χ0n) is 22.2. The number of alkyl halides is 2. The third-order valence-corrected chi connectivity index (χ3v) is 11.5. The predicted octanol–water partition coefficient (Wildman–Crippen LogP) is 5.50. The SMILES string of the molecule is O=C1[C@H]2[C@H](CC=C3[C@H]2C[C@@]2(Cl)C(=O)N(c4ccc(F)cc4)C(=O)[C@@]2(Cl)[C@H]3c2cccc(F)c2O)C(=O)N1Cc1cccs1. The number of fused-ring (bicyclic) bond motifs is 4. The van der Waals surface area contributed by atoms with Gasteiger partial charge in [-0.2, -0.15) is 0 Å². The number of para-hydroxylation sites is 1. The van der Waals surface area contributed by atoms with Crippen LogP contribution in [0.25, 0.3) is 0 Å². The zero-order valence-corrected chi connectivity index (χ0v) is 24.5. The molecule has 2 aromatic carbocycles. The van der Waals surface area contributed by atoms with Crippen LogP contribution in [-0.2, 0) is 25.7 Å². The number of hydrogen-bond donors (Lipinski definition) is 1. The van der Waals surface area contributed by atoms with Crippen molar-refractivity contribution in [2.24, 2.45) is 17.8 Å². The van der Waals surface area contributed by atoms with Crippen molar-refractivity contribution < 1.29 is 33.1 Å². The number of thiophene rings is 1. The smallest absolute Gasteiger partial charge is 0.258 e. The van der Waals surface area contributed by atoms with E-state index in [1.165, 1.54) is 40.5 Å². The molecule has 7 rings (SSSR count). The summed E-state index contributed by atoms with van der Waals surface area (Å²) >= 11 is 15.9. The van der Waals surface area contributed by atoms with Gasteiger partial charge in [-0.25, -0.2) is 13.7 Å². The van der Waals surface area contributed by atoms with Crippen LogP contribution in [0.3, 0.4) is 0 Å². The first-order valence-electron chi connectivity index (χ1n) is 13.6. The van der Waals surface area contributed by atoms with E-state index in [0.29, 0.717) is 5.57 Å². The van der Waals surface area contributed by atoms with Gasteiger partial charge in [0.05, 0.1) is 24.1 Å². The molecule has 12 heteroatoms. The van der Waals surface area contributed by atoms with Crippen LogP contribution in [0, 0.1) is 29.4 Å². The fourth-order valence-corrected chi connectivity index (χ4v) is 8.91. The summed E-state index contributed by atoms with van der Waals surface area (Å²) in [6, 6.07) is 12.0. The first-order chi connectivity index (χ1) is 20.5. The largest absolute Gasteiger partial charge is 0.505 e. The molecular formula is C31H22Cl2F2N2O5S. The highest BCUT2D eigenvalue weighted by Crippen LogP contribution is 2.66.